The standard InChI is InChI=1S/C29H34ClF2NO6SSi/c1-29(2,3)41(6,7)39-17-19-10-8-9-11-20(19)21-15-25(24(32)16-23(21)31)33-40(35,36)26-13-18(14-27(34)37-4)12-22(30)28(26)38-5/h8-13,15-16,33H,14,17H2,1-7H3. The highest BCUT2D eigenvalue weighted by molar-refractivity contribution is 7.92. The zero-order valence-corrected chi connectivity index (χ0v) is 26.6. The maximum Gasteiger partial charge on any atom is 0.309 e. The van der Waals surface area contributed by atoms with Gasteiger partial charge in [-0.25, -0.2) is 17.2 Å². The van der Waals surface area contributed by atoms with Crippen LogP contribution in [0.15, 0.2) is 53.4 Å². The first-order valence-corrected chi connectivity index (χ1v) is 17.4. The molecule has 0 fully saturated rings. The van der Waals surface area contributed by atoms with Gasteiger partial charge < -0.3 is 13.9 Å². The van der Waals surface area contributed by atoms with Gasteiger partial charge in [0.25, 0.3) is 10.0 Å². The molecule has 0 radical (unpaired) electrons. The van der Waals surface area contributed by atoms with Crippen molar-refractivity contribution in [3.8, 4) is 16.9 Å². The molecule has 0 saturated heterocycles. The van der Waals surface area contributed by atoms with Gasteiger partial charge in [-0.3, -0.25) is 9.52 Å². The molecule has 222 valence electrons. The minimum atomic E-state index is -4.53. The summed E-state index contributed by atoms with van der Waals surface area (Å²) in [5, 5.41) is -0.127. The highest BCUT2D eigenvalue weighted by Crippen LogP contribution is 2.39. The third-order valence-electron chi connectivity index (χ3n) is 7.14. The predicted octanol–water partition coefficient (Wildman–Crippen LogP) is 7.33. The molecule has 0 atom stereocenters. The van der Waals surface area contributed by atoms with E-state index in [9.17, 15) is 17.6 Å². The van der Waals surface area contributed by atoms with Crippen LogP contribution in [0, 0.1) is 11.6 Å². The number of hydrogen-bond donors (Lipinski definition) is 1. The third-order valence-corrected chi connectivity index (χ3v) is 13.3. The number of esters is 1. The number of methoxy groups -OCH3 is 2. The van der Waals surface area contributed by atoms with E-state index in [1.54, 1.807) is 24.3 Å². The van der Waals surface area contributed by atoms with Gasteiger partial charge in [-0.05, 0) is 53.0 Å². The second-order valence-corrected chi connectivity index (χ2v) is 17.9. The van der Waals surface area contributed by atoms with Gasteiger partial charge in [0, 0.05) is 11.6 Å². The van der Waals surface area contributed by atoms with E-state index in [2.05, 4.69) is 43.3 Å². The van der Waals surface area contributed by atoms with Crippen molar-refractivity contribution in [1.82, 2.24) is 0 Å². The Bertz CT molecular complexity index is 1560. The van der Waals surface area contributed by atoms with Crippen molar-refractivity contribution in [2.75, 3.05) is 18.9 Å². The minimum absolute atomic E-state index is 0.0111. The van der Waals surface area contributed by atoms with Crippen LogP contribution >= 0.6 is 11.6 Å². The van der Waals surface area contributed by atoms with E-state index in [-0.39, 0.29) is 40.0 Å². The van der Waals surface area contributed by atoms with Crippen LogP contribution in [-0.2, 0) is 37.0 Å². The Balaban J connectivity index is 2.05. The van der Waals surface area contributed by atoms with E-state index in [0.717, 1.165) is 6.07 Å². The van der Waals surface area contributed by atoms with Gasteiger partial charge >= 0.3 is 5.97 Å². The van der Waals surface area contributed by atoms with Gasteiger partial charge in [-0.1, -0.05) is 56.6 Å². The summed E-state index contributed by atoms with van der Waals surface area (Å²) in [6, 6.07) is 11.2. The highest BCUT2D eigenvalue weighted by Gasteiger charge is 2.37. The average molecular weight is 626 g/mol. The minimum Gasteiger partial charge on any atom is -0.494 e. The normalized spacial score (nSPS) is 12.2. The number of sulfonamides is 1. The Labute approximate surface area is 246 Å². The smallest absolute Gasteiger partial charge is 0.309 e. The first-order valence-electron chi connectivity index (χ1n) is 12.7. The molecule has 0 aliphatic carbocycles. The number of carbonyl (C=O) groups is 1. The van der Waals surface area contributed by atoms with Gasteiger partial charge in [-0.15, -0.1) is 0 Å². The molecule has 3 aromatic carbocycles. The number of anilines is 1. The third kappa shape index (κ3) is 7.45. The van der Waals surface area contributed by atoms with E-state index in [0.29, 0.717) is 17.2 Å². The molecular weight excluding hydrogens is 592 g/mol. The van der Waals surface area contributed by atoms with E-state index < -0.39 is 46.5 Å². The number of rotatable bonds is 10. The molecule has 0 aliphatic rings. The van der Waals surface area contributed by atoms with Crippen LogP contribution in [0.25, 0.3) is 11.1 Å². The van der Waals surface area contributed by atoms with Crippen LogP contribution in [0.5, 0.6) is 5.75 Å². The van der Waals surface area contributed by atoms with Crippen molar-refractivity contribution in [3.05, 3.63) is 76.3 Å². The molecule has 0 unspecified atom stereocenters. The van der Waals surface area contributed by atoms with E-state index >= 15 is 4.39 Å². The molecule has 0 aliphatic heterocycles. The zero-order chi connectivity index (χ0) is 30.8. The van der Waals surface area contributed by atoms with Gasteiger partial charge in [0.05, 0.1) is 38.0 Å². The molecule has 3 aromatic rings. The Morgan fingerprint density at radius 2 is 1.66 bits per heavy atom. The summed E-state index contributed by atoms with van der Waals surface area (Å²) >= 11 is 6.23. The number of hydrogen-bond acceptors (Lipinski definition) is 6. The molecule has 41 heavy (non-hydrogen) atoms. The lowest BCUT2D eigenvalue weighted by Gasteiger charge is -2.36. The van der Waals surface area contributed by atoms with Crippen molar-refractivity contribution in [1.29, 1.82) is 0 Å². The number of carbonyl (C=O) groups excluding carboxylic acids is 1. The summed E-state index contributed by atoms with van der Waals surface area (Å²) in [5.74, 6) is -2.82. The monoisotopic (exact) mass is 625 g/mol. The number of nitrogens with one attached hydrogen (secondary N) is 1. The summed E-state index contributed by atoms with van der Waals surface area (Å²) in [5.41, 5.74) is 0.838. The van der Waals surface area contributed by atoms with Crippen molar-refractivity contribution < 1.29 is 35.9 Å². The largest absolute Gasteiger partial charge is 0.494 e. The maximum absolute atomic E-state index is 15.2. The summed E-state index contributed by atoms with van der Waals surface area (Å²) in [4.78, 5) is 11.3. The van der Waals surface area contributed by atoms with Crippen LogP contribution in [0.1, 0.15) is 31.9 Å². The lowest BCUT2D eigenvalue weighted by atomic mass is 9.99. The maximum atomic E-state index is 15.2. The van der Waals surface area contributed by atoms with Crippen LogP contribution in [-0.4, -0.2) is 36.9 Å². The molecule has 3 rings (SSSR count). The fourth-order valence-electron chi connectivity index (χ4n) is 3.78. The van der Waals surface area contributed by atoms with Crippen molar-refractivity contribution >= 4 is 41.6 Å². The lowest BCUT2D eigenvalue weighted by molar-refractivity contribution is -0.139. The van der Waals surface area contributed by atoms with Gasteiger partial charge in [0.1, 0.15) is 16.5 Å². The summed E-state index contributed by atoms with van der Waals surface area (Å²) in [6.45, 7) is 10.7. The Kier molecular flexibility index (Phi) is 9.90. The van der Waals surface area contributed by atoms with Crippen LogP contribution in [0.3, 0.4) is 0 Å². The van der Waals surface area contributed by atoms with E-state index in [1.165, 1.54) is 26.4 Å². The molecule has 12 heteroatoms. The first kappa shape index (κ1) is 32.5. The van der Waals surface area contributed by atoms with Gasteiger partial charge in [0.15, 0.2) is 14.1 Å². The second kappa shape index (κ2) is 12.5. The van der Waals surface area contributed by atoms with Gasteiger partial charge in [0.2, 0.25) is 0 Å². The molecule has 0 aromatic heterocycles. The quantitative estimate of drug-likeness (QED) is 0.187. The number of ether oxygens (including phenoxy) is 2. The Hall–Kier alpha value is -2.99. The van der Waals surface area contributed by atoms with Crippen LogP contribution in [0.2, 0.25) is 23.2 Å². The van der Waals surface area contributed by atoms with Crippen molar-refractivity contribution in [2.24, 2.45) is 0 Å². The molecule has 0 heterocycles. The topological polar surface area (TPSA) is 90.9 Å². The van der Waals surface area contributed by atoms with Crippen molar-refractivity contribution in [3.63, 3.8) is 0 Å². The highest BCUT2D eigenvalue weighted by atomic mass is 35.5. The summed E-state index contributed by atoms with van der Waals surface area (Å²) < 4.78 is 75.4. The molecule has 0 spiro atoms. The van der Waals surface area contributed by atoms with Gasteiger partial charge in [-0.2, -0.15) is 0 Å². The molecule has 0 saturated carbocycles. The second-order valence-electron chi connectivity index (χ2n) is 11.0. The zero-order valence-electron chi connectivity index (χ0n) is 24.0. The number of benzene rings is 3. The predicted molar refractivity (Wildman–Crippen MR) is 158 cm³/mol. The first-order chi connectivity index (χ1) is 19.0. The van der Waals surface area contributed by atoms with Crippen molar-refractivity contribution in [2.45, 2.75) is 56.8 Å². The molecule has 0 bridgehead atoms. The average Bonchev–Trinajstić information content (AvgIpc) is 2.88. The SMILES string of the molecule is COC(=O)Cc1cc(Cl)c(OC)c(S(=O)(=O)Nc2cc(-c3ccccc3CO[Si](C)(C)C(C)(C)C)c(F)cc2F)c1. The Morgan fingerprint density at radius 3 is 2.27 bits per heavy atom. The molecular formula is C29H34ClF2NO6SSi. The van der Waals surface area contributed by atoms with E-state index in [1.807, 2.05) is 0 Å². The molecule has 7 nitrogen and oxygen atoms in total. The summed E-state index contributed by atoms with van der Waals surface area (Å²) in [7, 11) is -4.25. The van der Waals surface area contributed by atoms with Crippen LogP contribution in [0.4, 0.5) is 14.5 Å². The summed E-state index contributed by atoms with van der Waals surface area (Å²) in [6.07, 6.45) is -0.258. The fourth-order valence-corrected chi connectivity index (χ4v) is 6.40. The fraction of sp³-hybridized carbons (Fsp3) is 0.345. The lowest BCUT2D eigenvalue weighted by Crippen LogP contribution is -2.40. The molecule has 1 N–H and O–H groups in total. The Morgan fingerprint density at radius 1 is 1.00 bits per heavy atom. The number of halogens is 3. The van der Waals surface area contributed by atoms with E-state index in [4.69, 9.17) is 20.8 Å². The molecule has 0 amide bonds. The van der Waals surface area contributed by atoms with Crippen LogP contribution < -0.4 is 9.46 Å².